The highest BCUT2D eigenvalue weighted by Crippen LogP contribution is 2.11. The number of amides is 2. The number of fused-ring (bicyclic) bond motifs is 1. The summed E-state index contributed by atoms with van der Waals surface area (Å²) in [6, 6.07) is 4.63. The van der Waals surface area contributed by atoms with Crippen molar-refractivity contribution in [2.45, 2.75) is 32.9 Å². The highest BCUT2D eigenvalue weighted by atomic mass is 16.2. The van der Waals surface area contributed by atoms with E-state index in [1.165, 1.54) is 0 Å². The summed E-state index contributed by atoms with van der Waals surface area (Å²) in [5, 5.41) is 5.43. The number of carbonyl (C=O) groups is 2. The lowest BCUT2D eigenvalue weighted by atomic mass is 10.1. The number of hydrogen-bond donors (Lipinski definition) is 3. The summed E-state index contributed by atoms with van der Waals surface area (Å²) in [5.41, 5.74) is 2.08. The maximum atomic E-state index is 12.1. The highest BCUT2D eigenvalue weighted by Gasteiger charge is 2.17. The SMILES string of the molecule is CC(C)NC(=O)C(C)NC(=O)c1ccc2nc[nH]c2c1. The van der Waals surface area contributed by atoms with E-state index in [0.29, 0.717) is 5.56 Å². The van der Waals surface area contributed by atoms with Crippen LogP contribution in [0.2, 0.25) is 0 Å². The van der Waals surface area contributed by atoms with Crippen molar-refractivity contribution in [1.29, 1.82) is 0 Å². The molecule has 1 heterocycles. The summed E-state index contributed by atoms with van der Waals surface area (Å²) < 4.78 is 0. The molecule has 1 atom stereocenters. The first kappa shape index (κ1) is 14.0. The molecule has 0 bridgehead atoms. The van der Waals surface area contributed by atoms with Crippen LogP contribution >= 0.6 is 0 Å². The van der Waals surface area contributed by atoms with Crippen LogP contribution in [0.4, 0.5) is 0 Å². The van der Waals surface area contributed by atoms with Crippen LogP contribution in [0.3, 0.4) is 0 Å². The Balaban J connectivity index is 2.05. The number of hydrogen-bond acceptors (Lipinski definition) is 3. The Kier molecular flexibility index (Phi) is 4.02. The van der Waals surface area contributed by atoms with Crippen LogP contribution in [-0.4, -0.2) is 33.9 Å². The van der Waals surface area contributed by atoms with Gasteiger partial charge in [0.2, 0.25) is 5.91 Å². The van der Waals surface area contributed by atoms with E-state index in [-0.39, 0.29) is 17.9 Å². The van der Waals surface area contributed by atoms with E-state index in [9.17, 15) is 9.59 Å². The standard InChI is InChI=1S/C14H18N4O2/c1-8(2)17-13(19)9(3)18-14(20)10-4-5-11-12(6-10)16-7-15-11/h4-9H,1-3H3,(H,15,16)(H,17,19)(H,18,20). The van der Waals surface area contributed by atoms with Crippen molar-refractivity contribution in [3.63, 3.8) is 0 Å². The van der Waals surface area contributed by atoms with Gasteiger partial charge in [0.05, 0.1) is 17.4 Å². The molecule has 2 amide bonds. The lowest BCUT2D eigenvalue weighted by Crippen LogP contribution is -2.46. The Morgan fingerprint density at radius 3 is 2.65 bits per heavy atom. The Morgan fingerprint density at radius 2 is 1.95 bits per heavy atom. The Morgan fingerprint density at radius 1 is 1.20 bits per heavy atom. The van der Waals surface area contributed by atoms with Crippen molar-refractivity contribution in [2.75, 3.05) is 0 Å². The molecule has 3 N–H and O–H groups in total. The molecule has 0 spiro atoms. The van der Waals surface area contributed by atoms with E-state index in [0.717, 1.165) is 11.0 Å². The molecule has 0 aliphatic carbocycles. The quantitative estimate of drug-likeness (QED) is 0.783. The van der Waals surface area contributed by atoms with Crippen molar-refractivity contribution < 1.29 is 9.59 Å². The normalized spacial score (nSPS) is 12.4. The molecule has 1 aromatic heterocycles. The van der Waals surface area contributed by atoms with Gasteiger partial charge in [-0.05, 0) is 39.0 Å². The third-order valence-electron chi connectivity index (χ3n) is 2.85. The fourth-order valence-electron chi connectivity index (χ4n) is 1.83. The summed E-state index contributed by atoms with van der Waals surface area (Å²) in [6.45, 7) is 5.40. The third-order valence-corrected chi connectivity index (χ3v) is 2.85. The maximum Gasteiger partial charge on any atom is 0.251 e. The number of benzene rings is 1. The maximum absolute atomic E-state index is 12.1. The van der Waals surface area contributed by atoms with Gasteiger partial charge in [-0.1, -0.05) is 0 Å². The van der Waals surface area contributed by atoms with Crippen LogP contribution in [0.5, 0.6) is 0 Å². The van der Waals surface area contributed by atoms with Crippen LogP contribution in [-0.2, 0) is 4.79 Å². The minimum absolute atomic E-state index is 0.0446. The number of nitrogens with one attached hydrogen (secondary N) is 3. The molecule has 2 aromatic rings. The number of nitrogens with zero attached hydrogens (tertiary/aromatic N) is 1. The van der Waals surface area contributed by atoms with Crippen molar-refractivity contribution in [3.8, 4) is 0 Å². The lowest BCUT2D eigenvalue weighted by molar-refractivity contribution is -0.123. The van der Waals surface area contributed by atoms with Gasteiger partial charge in [-0.25, -0.2) is 4.98 Å². The second-order valence-electron chi connectivity index (χ2n) is 4.99. The van der Waals surface area contributed by atoms with Gasteiger partial charge in [0, 0.05) is 11.6 Å². The second kappa shape index (κ2) is 5.73. The summed E-state index contributed by atoms with van der Waals surface area (Å²) in [6.07, 6.45) is 1.57. The second-order valence-corrected chi connectivity index (χ2v) is 4.99. The zero-order valence-electron chi connectivity index (χ0n) is 11.7. The molecular formula is C14H18N4O2. The van der Waals surface area contributed by atoms with Gasteiger partial charge in [-0.15, -0.1) is 0 Å². The zero-order chi connectivity index (χ0) is 14.7. The van der Waals surface area contributed by atoms with Crippen LogP contribution in [0.15, 0.2) is 24.5 Å². The summed E-state index contributed by atoms with van der Waals surface area (Å²) >= 11 is 0. The van der Waals surface area contributed by atoms with Crippen molar-refractivity contribution in [2.24, 2.45) is 0 Å². The summed E-state index contributed by atoms with van der Waals surface area (Å²) in [5.74, 6) is -0.483. The highest BCUT2D eigenvalue weighted by molar-refractivity contribution is 5.99. The van der Waals surface area contributed by atoms with Crippen LogP contribution in [0, 0.1) is 0 Å². The Labute approximate surface area is 117 Å². The first-order valence-electron chi connectivity index (χ1n) is 6.51. The van der Waals surface area contributed by atoms with Crippen LogP contribution < -0.4 is 10.6 Å². The first-order chi connectivity index (χ1) is 9.47. The fraction of sp³-hybridized carbons (Fsp3) is 0.357. The van der Waals surface area contributed by atoms with E-state index in [4.69, 9.17) is 0 Å². The molecule has 6 heteroatoms. The van der Waals surface area contributed by atoms with Gasteiger partial charge >= 0.3 is 0 Å². The molecule has 0 saturated heterocycles. The Hall–Kier alpha value is -2.37. The average molecular weight is 274 g/mol. The molecular weight excluding hydrogens is 256 g/mol. The predicted molar refractivity (Wildman–Crippen MR) is 76.3 cm³/mol. The topological polar surface area (TPSA) is 86.9 Å². The molecule has 20 heavy (non-hydrogen) atoms. The van der Waals surface area contributed by atoms with E-state index in [1.807, 2.05) is 13.8 Å². The minimum Gasteiger partial charge on any atom is -0.352 e. The zero-order valence-corrected chi connectivity index (χ0v) is 11.7. The number of aromatic amines is 1. The first-order valence-corrected chi connectivity index (χ1v) is 6.51. The molecule has 0 fully saturated rings. The number of aromatic nitrogens is 2. The Bertz CT molecular complexity index is 633. The van der Waals surface area contributed by atoms with Crippen molar-refractivity contribution >= 4 is 22.8 Å². The van der Waals surface area contributed by atoms with Gasteiger partial charge in [0.15, 0.2) is 0 Å². The van der Waals surface area contributed by atoms with E-state index < -0.39 is 6.04 Å². The number of carbonyl (C=O) groups excluding carboxylic acids is 2. The van der Waals surface area contributed by atoms with Gasteiger partial charge in [0.25, 0.3) is 5.91 Å². The monoisotopic (exact) mass is 274 g/mol. The molecule has 2 rings (SSSR count). The minimum atomic E-state index is -0.581. The molecule has 1 unspecified atom stereocenters. The van der Waals surface area contributed by atoms with E-state index >= 15 is 0 Å². The molecule has 0 saturated carbocycles. The molecule has 6 nitrogen and oxygen atoms in total. The number of H-pyrrole nitrogens is 1. The van der Waals surface area contributed by atoms with Crippen LogP contribution in [0.1, 0.15) is 31.1 Å². The summed E-state index contributed by atoms with van der Waals surface area (Å²) in [4.78, 5) is 30.9. The van der Waals surface area contributed by atoms with Crippen LogP contribution in [0.25, 0.3) is 11.0 Å². The molecule has 0 aliphatic heterocycles. The number of rotatable bonds is 4. The third kappa shape index (κ3) is 3.14. The van der Waals surface area contributed by atoms with Gasteiger partial charge in [0.1, 0.15) is 6.04 Å². The van der Waals surface area contributed by atoms with Crippen molar-refractivity contribution in [1.82, 2.24) is 20.6 Å². The number of imidazole rings is 1. The van der Waals surface area contributed by atoms with Crippen molar-refractivity contribution in [3.05, 3.63) is 30.1 Å². The fourth-order valence-corrected chi connectivity index (χ4v) is 1.83. The smallest absolute Gasteiger partial charge is 0.251 e. The average Bonchev–Trinajstić information content (AvgIpc) is 2.84. The van der Waals surface area contributed by atoms with Gasteiger partial charge < -0.3 is 15.6 Å². The molecule has 0 radical (unpaired) electrons. The largest absolute Gasteiger partial charge is 0.352 e. The van der Waals surface area contributed by atoms with Gasteiger partial charge in [-0.2, -0.15) is 0 Å². The molecule has 0 aliphatic rings. The van der Waals surface area contributed by atoms with E-state index in [1.54, 1.807) is 31.5 Å². The lowest BCUT2D eigenvalue weighted by Gasteiger charge is -2.16. The molecule has 1 aromatic carbocycles. The predicted octanol–water partition coefficient (Wildman–Crippen LogP) is 1.21. The summed E-state index contributed by atoms with van der Waals surface area (Å²) in [7, 11) is 0. The van der Waals surface area contributed by atoms with E-state index in [2.05, 4.69) is 20.6 Å². The molecule has 106 valence electrons. The van der Waals surface area contributed by atoms with Gasteiger partial charge in [-0.3, -0.25) is 9.59 Å².